The van der Waals surface area contributed by atoms with Crippen molar-refractivity contribution in [2.24, 2.45) is 0 Å². The maximum atomic E-state index is 13.6. The molecule has 1 saturated heterocycles. The van der Waals surface area contributed by atoms with E-state index in [2.05, 4.69) is 4.90 Å². The number of aliphatic hydroxyl groups is 1. The van der Waals surface area contributed by atoms with Crippen LogP contribution >= 0.6 is 0 Å². The first kappa shape index (κ1) is 23.0. The molecule has 0 unspecified atom stereocenters. The predicted molar refractivity (Wildman–Crippen MR) is 130 cm³/mol. The molecule has 0 radical (unpaired) electrons. The Bertz CT molecular complexity index is 1350. The maximum absolute atomic E-state index is 13.6. The van der Waals surface area contributed by atoms with E-state index >= 15 is 0 Å². The van der Waals surface area contributed by atoms with Crippen LogP contribution in [0.1, 0.15) is 10.4 Å². The zero-order valence-corrected chi connectivity index (χ0v) is 19.0. The van der Waals surface area contributed by atoms with Crippen LogP contribution < -0.4 is 0 Å². The van der Waals surface area contributed by atoms with E-state index in [4.69, 9.17) is 15.1 Å². The average molecular weight is 475 g/mol. The Balaban J connectivity index is 1.53. The molecule has 1 fully saturated rings. The van der Waals surface area contributed by atoms with Crippen molar-refractivity contribution < 1.29 is 18.7 Å². The van der Waals surface area contributed by atoms with E-state index in [1.165, 1.54) is 24.3 Å². The molecule has 1 amide bonds. The molecule has 2 heterocycles. The van der Waals surface area contributed by atoms with Gasteiger partial charge in [0, 0.05) is 49.4 Å². The second kappa shape index (κ2) is 9.85. The third-order valence-electron chi connectivity index (χ3n) is 6.22. The van der Waals surface area contributed by atoms with E-state index in [1.807, 2.05) is 0 Å². The minimum atomic E-state index is -0.363. The molecule has 35 heavy (non-hydrogen) atoms. The topological polar surface area (TPSA) is 69.6 Å². The van der Waals surface area contributed by atoms with Gasteiger partial charge in [0.25, 0.3) is 5.91 Å². The SMILES string of the molecule is O=C(c1ccc2nc(-c3ccc(F)cc3)c(-c3ccc(F)cc3)nc2c1)N1CCN(CCO)CC1. The fourth-order valence-electron chi connectivity index (χ4n) is 4.30. The Morgan fingerprint density at radius 3 is 1.86 bits per heavy atom. The van der Waals surface area contributed by atoms with E-state index < -0.39 is 0 Å². The highest BCUT2D eigenvalue weighted by Crippen LogP contribution is 2.31. The minimum Gasteiger partial charge on any atom is -0.395 e. The second-order valence-corrected chi connectivity index (χ2v) is 8.50. The molecule has 0 atom stereocenters. The number of aliphatic hydroxyl groups excluding tert-OH is 1. The molecule has 0 saturated carbocycles. The van der Waals surface area contributed by atoms with Crippen LogP contribution in [-0.2, 0) is 0 Å². The quantitative estimate of drug-likeness (QED) is 0.474. The lowest BCUT2D eigenvalue weighted by Crippen LogP contribution is -2.49. The molecule has 1 N–H and O–H groups in total. The van der Waals surface area contributed by atoms with Gasteiger partial charge in [-0.15, -0.1) is 0 Å². The van der Waals surface area contributed by atoms with Crippen LogP contribution in [0.4, 0.5) is 8.78 Å². The molecule has 1 aliphatic rings. The second-order valence-electron chi connectivity index (χ2n) is 8.50. The van der Waals surface area contributed by atoms with E-state index in [0.717, 1.165) is 13.1 Å². The molecule has 3 aromatic carbocycles. The third-order valence-corrected chi connectivity index (χ3v) is 6.22. The number of piperazine rings is 1. The number of β-amino-alcohol motifs (C(OH)–C–C–N with tert-alkyl or cyclic N) is 1. The van der Waals surface area contributed by atoms with Crippen molar-refractivity contribution in [1.82, 2.24) is 19.8 Å². The van der Waals surface area contributed by atoms with Gasteiger partial charge >= 0.3 is 0 Å². The molecule has 5 rings (SSSR count). The van der Waals surface area contributed by atoms with Crippen molar-refractivity contribution in [2.75, 3.05) is 39.3 Å². The summed E-state index contributed by atoms with van der Waals surface area (Å²) in [7, 11) is 0. The maximum Gasteiger partial charge on any atom is 0.254 e. The molecule has 0 aliphatic carbocycles. The standard InChI is InChI=1S/C27H24F2N4O2/c28-21-6-1-18(2-7-21)25-26(19-3-8-22(29)9-4-19)31-24-17-20(5-10-23(24)30-25)27(35)33-13-11-32(12-14-33)15-16-34/h1-10,17,34H,11-16H2. The fraction of sp³-hybridized carbons (Fsp3) is 0.222. The summed E-state index contributed by atoms with van der Waals surface area (Å²) in [4.78, 5) is 26.7. The third kappa shape index (κ3) is 4.89. The highest BCUT2D eigenvalue weighted by molar-refractivity contribution is 5.98. The summed E-state index contributed by atoms with van der Waals surface area (Å²) in [5.74, 6) is -0.799. The summed E-state index contributed by atoms with van der Waals surface area (Å²) in [6, 6.07) is 17.2. The monoisotopic (exact) mass is 474 g/mol. The summed E-state index contributed by atoms with van der Waals surface area (Å²) < 4.78 is 27.1. The first-order chi connectivity index (χ1) is 17.0. The van der Waals surface area contributed by atoms with E-state index in [1.54, 1.807) is 47.4 Å². The first-order valence-electron chi connectivity index (χ1n) is 11.5. The van der Waals surface area contributed by atoms with Gasteiger partial charge in [0.05, 0.1) is 29.0 Å². The largest absolute Gasteiger partial charge is 0.395 e. The number of benzene rings is 3. The fourth-order valence-corrected chi connectivity index (χ4v) is 4.30. The normalized spacial score (nSPS) is 14.4. The Morgan fingerprint density at radius 1 is 0.771 bits per heavy atom. The Hall–Kier alpha value is -3.75. The number of hydrogen-bond acceptors (Lipinski definition) is 5. The number of carbonyl (C=O) groups excluding carboxylic acids is 1. The van der Waals surface area contributed by atoms with Gasteiger partial charge in [-0.05, 0) is 66.7 Å². The summed E-state index contributed by atoms with van der Waals surface area (Å²) in [6.45, 7) is 3.33. The number of aromatic nitrogens is 2. The van der Waals surface area contributed by atoms with Crippen molar-refractivity contribution >= 4 is 16.9 Å². The summed E-state index contributed by atoms with van der Waals surface area (Å²) in [5, 5.41) is 9.12. The molecule has 6 nitrogen and oxygen atoms in total. The Morgan fingerprint density at radius 2 is 1.31 bits per heavy atom. The highest BCUT2D eigenvalue weighted by atomic mass is 19.1. The number of carbonyl (C=O) groups is 1. The minimum absolute atomic E-state index is 0.0803. The number of halogens is 2. The van der Waals surface area contributed by atoms with Gasteiger partial charge < -0.3 is 10.0 Å². The van der Waals surface area contributed by atoms with E-state index in [0.29, 0.717) is 58.7 Å². The lowest BCUT2D eigenvalue weighted by Gasteiger charge is -2.34. The molecular weight excluding hydrogens is 450 g/mol. The van der Waals surface area contributed by atoms with E-state index in [-0.39, 0.29) is 24.1 Å². The zero-order valence-electron chi connectivity index (χ0n) is 19.0. The predicted octanol–water partition coefficient (Wildman–Crippen LogP) is 3.99. The van der Waals surface area contributed by atoms with Crippen LogP contribution in [0, 0.1) is 11.6 Å². The van der Waals surface area contributed by atoms with Gasteiger partial charge in [0.1, 0.15) is 11.6 Å². The van der Waals surface area contributed by atoms with Crippen molar-refractivity contribution in [3.8, 4) is 22.5 Å². The molecule has 1 aliphatic heterocycles. The lowest BCUT2D eigenvalue weighted by molar-refractivity contribution is 0.0615. The van der Waals surface area contributed by atoms with Crippen LogP contribution in [-0.4, -0.2) is 70.1 Å². The van der Waals surface area contributed by atoms with Crippen molar-refractivity contribution in [3.05, 3.63) is 83.9 Å². The number of hydrogen-bond donors (Lipinski definition) is 1. The van der Waals surface area contributed by atoms with E-state index in [9.17, 15) is 13.6 Å². The van der Waals surface area contributed by atoms with Gasteiger partial charge in [0.2, 0.25) is 0 Å². The molecule has 1 aromatic heterocycles. The van der Waals surface area contributed by atoms with Crippen molar-refractivity contribution in [2.45, 2.75) is 0 Å². The molecule has 0 spiro atoms. The van der Waals surface area contributed by atoms with Gasteiger partial charge in [0.15, 0.2) is 0 Å². The summed E-state index contributed by atoms with van der Waals surface area (Å²) in [6.07, 6.45) is 0. The van der Waals surface area contributed by atoms with Gasteiger partial charge in [-0.25, -0.2) is 18.7 Å². The summed E-state index contributed by atoms with van der Waals surface area (Å²) in [5.41, 5.74) is 4.06. The highest BCUT2D eigenvalue weighted by Gasteiger charge is 2.22. The number of nitrogens with zero attached hydrogens (tertiary/aromatic N) is 4. The molecule has 0 bridgehead atoms. The number of fused-ring (bicyclic) bond motifs is 1. The average Bonchev–Trinajstić information content (AvgIpc) is 2.89. The number of rotatable bonds is 5. The van der Waals surface area contributed by atoms with Crippen LogP contribution in [0.25, 0.3) is 33.5 Å². The van der Waals surface area contributed by atoms with Crippen LogP contribution in [0.3, 0.4) is 0 Å². The van der Waals surface area contributed by atoms with Crippen LogP contribution in [0.5, 0.6) is 0 Å². The summed E-state index contributed by atoms with van der Waals surface area (Å²) >= 11 is 0. The number of amides is 1. The smallest absolute Gasteiger partial charge is 0.254 e. The van der Waals surface area contributed by atoms with Crippen LogP contribution in [0.2, 0.25) is 0 Å². The van der Waals surface area contributed by atoms with Gasteiger partial charge in [-0.2, -0.15) is 0 Å². The van der Waals surface area contributed by atoms with Crippen LogP contribution in [0.15, 0.2) is 66.7 Å². The molecular formula is C27H24F2N4O2. The molecule has 4 aromatic rings. The Kier molecular flexibility index (Phi) is 6.48. The lowest BCUT2D eigenvalue weighted by atomic mass is 10.0. The molecule has 8 heteroatoms. The van der Waals surface area contributed by atoms with Crippen molar-refractivity contribution in [3.63, 3.8) is 0 Å². The van der Waals surface area contributed by atoms with Gasteiger partial charge in [-0.3, -0.25) is 9.69 Å². The van der Waals surface area contributed by atoms with Crippen molar-refractivity contribution in [1.29, 1.82) is 0 Å². The molecule has 178 valence electrons. The Labute approximate surface area is 201 Å². The zero-order chi connectivity index (χ0) is 24.4. The first-order valence-corrected chi connectivity index (χ1v) is 11.5. The van der Waals surface area contributed by atoms with Gasteiger partial charge in [-0.1, -0.05) is 0 Å².